The van der Waals surface area contributed by atoms with Gasteiger partial charge in [-0.1, -0.05) is 60.7 Å². The van der Waals surface area contributed by atoms with Crippen molar-refractivity contribution < 1.29 is 9.59 Å². The van der Waals surface area contributed by atoms with Crippen LogP contribution < -0.4 is 16.0 Å². The van der Waals surface area contributed by atoms with Gasteiger partial charge in [-0.25, -0.2) is 9.48 Å². The molecular weight excluding hydrogens is 402 g/mol. The first kappa shape index (κ1) is 20.9. The second-order valence-electron chi connectivity index (χ2n) is 7.15. The van der Waals surface area contributed by atoms with Gasteiger partial charge >= 0.3 is 6.03 Å². The van der Waals surface area contributed by atoms with Crippen LogP contribution in [-0.4, -0.2) is 21.7 Å². The van der Waals surface area contributed by atoms with Crippen molar-refractivity contribution in [2.24, 2.45) is 0 Å². The molecule has 0 bridgehead atoms. The second kappa shape index (κ2) is 10.1. The average molecular weight is 425 g/mol. The predicted molar refractivity (Wildman–Crippen MR) is 123 cm³/mol. The molecule has 0 aliphatic carbocycles. The molecule has 32 heavy (non-hydrogen) atoms. The van der Waals surface area contributed by atoms with E-state index in [0.29, 0.717) is 17.8 Å². The fourth-order valence-electron chi connectivity index (χ4n) is 3.28. The van der Waals surface area contributed by atoms with Crippen molar-refractivity contribution in [3.8, 4) is 5.69 Å². The highest BCUT2D eigenvalue weighted by Crippen LogP contribution is 2.16. The number of rotatable bonds is 7. The molecule has 1 aromatic heterocycles. The number of hydrogen-bond acceptors (Lipinski definition) is 3. The van der Waals surface area contributed by atoms with E-state index in [1.54, 1.807) is 23.0 Å². The number of carbonyl (C=O) groups excluding carboxylic acids is 2. The van der Waals surface area contributed by atoms with Gasteiger partial charge in [0.1, 0.15) is 6.04 Å². The lowest BCUT2D eigenvalue weighted by Gasteiger charge is -2.19. The van der Waals surface area contributed by atoms with Gasteiger partial charge < -0.3 is 16.0 Å². The molecule has 1 atom stereocenters. The molecule has 0 saturated carbocycles. The van der Waals surface area contributed by atoms with Crippen molar-refractivity contribution in [2.75, 3.05) is 5.32 Å². The van der Waals surface area contributed by atoms with E-state index < -0.39 is 12.1 Å². The highest BCUT2D eigenvalue weighted by Gasteiger charge is 2.22. The van der Waals surface area contributed by atoms with Crippen LogP contribution in [0, 0.1) is 0 Å². The average Bonchev–Trinajstić information content (AvgIpc) is 3.38. The van der Waals surface area contributed by atoms with Crippen molar-refractivity contribution in [2.45, 2.75) is 12.6 Å². The fourth-order valence-corrected chi connectivity index (χ4v) is 3.28. The number of nitrogens with one attached hydrogen (secondary N) is 3. The first-order chi connectivity index (χ1) is 15.7. The lowest BCUT2D eigenvalue weighted by atomic mass is 10.1. The van der Waals surface area contributed by atoms with Crippen LogP contribution in [0.3, 0.4) is 0 Å². The number of nitrogens with zero attached hydrogens (tertiary/aromatic N) is 2. The third-order valence-electron chi connectivity index (χ3n) is 4.84. The van der Waals surface area contributed by atoms with E-state index in [1.165, 1.54) is 0 Å². The van der Waals surface area contributed by atoms with Gasteiger partial charge in [-0.3, -0.25) is 4.79 Å². The molecule has 3 aromatic carbocycles. The standard InChI is InChI=1S/C25H23N5O2/c31-24(28-21-12-5-2-6-13-21)23(20-10-3-1-4-11-20)29-25(32)26-18-19-9-7-14-22(17-19)30-16-8-15-27-30/h1-17,23H,18H2,(H,28,31)(H2,26,29,32). The van der Waals surface area contributed by atoms with Gasteiger partial charge in [-0.2, -0.15) is 5.10 Å². The maximum Gasteiger partial charge on any atom is 0.315 e. The number of urea groups is 1. The van der Waals surface area contributed by atoms with Crippen molar-refractivity contribution >= 4 is 17.6 Å². The monoisotopic (exact) mass is 425 g/mol. The molecule has 0 aliphatic heterocycles. The SMILES string of the molecule is O=C(NCc1cccc(-n2cccn2)c1)NC(C(=O)Nc1ccccc1)c1ccccc1. The van der Waals surface area contributed by atoms with Crippen LogP contribution in [0.25, 0.3) is 5.69 Å². The lowest BCUT2D eigenvalue weighted by molar-refractivity contribution is -0.118. The minimum absolute atomic E-state index is 0.308. The van der Waals surface area contributed by atoms with E-state index in [2.05, 4.69) is 21.0 Å². The first-order valence-corrected chi connectivity index (χ1v) is 10.2. The summed E-state index contributed by atoms with van der Waals surface area (Å²) in [5.74, 6) is -0.321. The zero-order valence-electron chi connectivity index (χ0n) is 17.3. The van der Waals surface area contributed by atoms with Crippen molar-refractivity contribution in [1.29, 1.82) is 0 Å². The number of hydrogen-bond donors (Lipinski definition) is 3. The van der Waals surface area contributed by atoms with Crippen LogP contribution in [0.4, 0.5) is 10.5 Å². The van der Waals surface area contributed by atoms with E-state index in [9.17, 15) is 9.59 Å². The molecule has 3 N–H and O–H groups in total. The Morgan fingerprint density at radius 1 is 0.875 bits per heavy atom. The highest BCUT2D eigenvalue weighted by atomic mass is 16.2. The fraction of sp³-hybridized carbons (Fsp3) is 0.0800. The molecule has 7 nitrogen and oxygen atoms in total. The largest absolute Gasteiger partial charge is 0.334 e. The van der Waals surface area contributed by atoms with Gasteiger partial charge in [0.25, 0.3) is 5.91 Å². The predicted octanol–water partition coefficient (Wildman–Crippen LogP) is 4.05. The van der Waals surface area contributed by atoms with Crippen LogP contribution >= 0.6 is 0 Å². The van der Waals surface area contributed by atoms with Gasteiger partial charge in [-0.15, -0.1) is 0 Å². The maximum absolute atomic E-state index is 12.9. The molecule has 7 heteroatoms. The third kappa shape index (κ3) is 5.40. The Labute approximate surface area is 186 Å². The molecule has 1 unspecified atom stereocenters. The van der Waals surface area contributed by atoms with Crippen molar-refractivity contribution in [3.05, 3.63) is 115 Å². The molecule has 1 heterocycles. The van der Waals surface area contributed by atoms with E-state index in [0.717, 1.165) is 11.3 Å². The quantitative estimate of drug-likeness (QED) is 0.417. The molecule has 0 fully saturated rings. The zero-order valence-corrected chi connectivity index (χ0v) is 17.3. The number of amides is 3. The lowest BCUT2D eigenvalue weighted by Crippen LogP contribution is -2.42. The number of benzene rings is 3. The minimum atomic E-state index is -0.841. The van der Waals surface area contributed by atoms with Gasteiger partial charge in [0.15, 0.2) is 0 Å². The van der Waals surface area contributed by atoms with Crippen LogP contribution in [0.1, 0.15) is 17.2 Å². The van der Waals surface area contributed by atoms with Gasteiger partial charge in [0.2, 0.25) is 0 Å². The molecule has 4 aromatic rings. The summed E-state index contributed by atoms with van der Waals surface area (Å²) in [7, 11) is 0. The van der Waals surface area contributed by atoms with Crippen LogP contribution in [-0.2, 0) is 11.3 Å². The summed E-state index contributed by atoms with van der Waals surface area (Å²) in [5, 5.41) is 12.7. The van der Waals surface area contributed by atoms with Crippen LogP contribution in [0.15, 0.2) is 103 Å². The summed E-state index contributed by atoms with van der Waals surface area (Å²) in [6.07, 6.45) is 3.57. The molecule has 4 rings (SSSR count). The van der Waals surface area contributed by atoms with Crippen molar-refractivity contribution in [3.63, 3.8) is 0 Å². The molecule has 0 aliphatic rings. The number of aromatic nitrogens is 2. The molecule has 0 spiro atoms. The third-order valence-corrected chi connectivity index (χ3v) is 4.84. The summed E-state index contributed by atoms with van der Waals surface area (Å²) in [4.78, 5) is 25.6. The van der Waals surface area contributed by atoms with Gasteiger partial charge in [0.05, 0.1) is 5.69 Å². The Balaban J connectivity index is 1.42. The Morgan fingerprint density at radius 3 is 2.34 bits per heavy atom. The molecule has 0 saturated heterocycles. The highest BCUT2D eigenvalue weighted by molar-refractivity contribution is 5.97. The van der Waals surface area contributed by atoms with E-state index >= 15 is 0 Å². The summed E-state index contributed by atoms with van der Waals surface area (Å²) >= 11 is 0. The Morgan fingerprint density at radius 2 is 1.62 bits per heavy atom. The summed E-state index contributed by atoms with van der Waals surface area (Å²) in [6.45, 7) is 0.308. The molecule has 0 radical (unpaired) electrons. The van der Waals surface area contributed by atoms with E-state index in [-0.39, 0.29) is 5.91 Å². The summed E-state index contributed by atoms with van der Waals surface area (Å²) < 4.78 is 1.75. The smallest absolute Gasteiger partial charge is 0.315 e. The minimum Gasteiger partial charge on any atom is -0.334 e. The van der Waals surface area contributed by atoms with E-state index in [4.69, 9.17) is 0 Å². The van der Waals surface area contributed by atoms with E-state index in [1.807, 2.05) is 85.1 Å². The first-order valence-electron chi connectivity index (χ1n) is 10.2. The second-order valence-corrected chi connectivity index (χ2v) is 7.15. The van der Waals surface area contributed by atoms with Gasteiger partial charge in [0, 0.05) is 24.6 Å². The zero-order chi connectivity index (χ0) is 22.2. The number of anilines is 1. The topological polar surface area (TPSA) is 88.1 Å². The molecule has 160 valence electrons. The van der Waals surface area contributed by atoms with Crippen LogP contribution in [0.5, 0.6) is 0 Å². The Kier molecular flexibility index (Phi) is 6.57. The number of carbonyl (C=O) groups is 2. The summed E-state index contributed by atoms with van der Waals surface area (Å²) in [6, 6.07) is 26.6. The Bertz CT molecular complexity index is 1160. The summed E-state index contributed by atoms with van der Waals surface area (Å²) in [5.41, 5.74) is 3.17. The normalized spacial score (nSPS) is 11.4. The maximum atomic E-state index is 12.9. The Hall–Kier alpha value is -4.39. The van der Waals surface area contributed by atoms with Crippen LogP contribution in [0.2, 0.25) is 0 Å². The number of para-hydroxylation sites is 1. The van der Waals surface area contributed by atoms with Gasteiger partial charge in [-0.05, 0) is 41.5 Å². The van der Waals surface area contributed by atoms with Crippen molar-refractivity contribution in [1.82, 2.24) is 20.4 Å². The molecular formula is C25H23N5O2. The molecule has 3 amide bonds.